The van der Waals surface area contributed by atoms with Gasteiger partial charge in [0.15, 0.2) is 0 Å². The molecule has 4 rings (SSSR count). The summed E-state index contributed by atoms with van der Waals surface area (Å²) in [5.41, 5.74) is 2.79. The molecule has 0 amide bonds. The van der Waals surface area contributed by atoms with Gasteiger partial charge in [-0.05, 0) is 38.1 Å². The Morgan fingerprint density at radius 2 is 2.08 bits per heavy atom. The minimum atomic E-state index is -0.190. The summed E-state index contributed by atoms with van der Waals surface area (Å²) in [5.74, 6) is 1.19. The van der Waals surface area contributed by atoms with E-state index in [1.165, 1.54) is 0 Å². The molecule has 1 aliphatic heterocycles. The first-order valence-electron chi connectivity index (χ1n) is 8.30. The number of piperidine rings is 1. The average Bonchev–Trinajstić information content (AvgIpc) is 3.21. The van der Waals surface area contributed by atoms with Crippen LogP contribution in [0.3, 0.4) is 0 Å². The van der Waals surface area contributed by atoms with Crippen LogP contribution in [0.4, 0.5) is 5.95 Å². The van der Waals surface area contributed by atoms with Crippen molar-refractivity contribution in [3.63, 3.8) is 0 Å². The van der Waals surface area contributed by atoms with E-state index < -0.39 is 0 Å². The lowest BCUT2D eigenvalue weighted by Crippen LogP contribution is -2.36. The molecule has 1 aromatic carbocycles. The monoisotopic (exact) mass is 327 g/mol. The molecule has 1 saturated heterocycles. The van der Waals surface area contributed by atoms with Gasteiger partial charge in [-0.15, -0.1) is 0 Å². The molecular weight excluding hydrogens is 306 g/mol. The van der Waals surface area contributed by atoms with E-state index in [2.05, 4.69) is 26.3 Å². The van der Waals surface area contributed by atoms with Gasteiger partial charge >= 0.3 is 0 Å². The van der Waals surface area contributed by atoms with Gasteiger partial charge in [-0.3, -0.25) is 0 Å². The van der Waals surface area contributed by atoms with Crippen LogP contribution in [0.25, 0.3) is 11.0 Å². The van der Waals surface area contributed by atoms with E-state index in [0.717, 1.165) is 48.6 Å². The number of aromatic nitrogens is 3. The van der Waals surface area contributed by atoms with Gasteiger partial charge in [0.05, 0.1) is 23.3 Å². The van der Waals surface area contributed by atoms with Crippen LogP contribution in [0.2, 0.25) is 0 Å². The molecular formula is C17H21N5O2. The molecule has 1 fully saturated rings. The molecule has 0 saturated carbocycles. The molecule has 0 bridgehead atoms. The van der Waals surface area contributed by atoms with Crippen molar-refractivity contribution in [2.24, 2.45) is 0 Å². The van der Waals surface area contributed by atoms with Gasteiger partial charge < -0.3 is 24.7 Å². The zero-order chi connectivity index (χ0) is 16.4. The molecule has 24 heavy (non-hydrogen) atoms. The van der Waals surface area contributed by atoms with E-state index in [-0.39, 0.29) is 6.61 Å². The number of nitrogens with one attached hydrogen (secondary N) is 2. The number of para-hydroxylation sites is 2. The highest BCUT2D eigenvalue weighted by atomic mass is 16.4. The standard InChI is InChI=1S/C17H21N5O2/c23-10-16-19-13(11-24-16)9-22-15-4-2-1-3-14(15)21-17(22)20-12-5-7-18-8-6-12/h1-4,11-12,18,23H,5-10H2,(H,20,21). The molecule has 3 heterocycles. The Morgan fingerprint density at radius 3 is 2.88 bits per heavy atom. The summed E-state index contributed by atoms with van der Waals surface area (Å²) >= 11 is 0. The molecule has 3 aromatic rings. The Balaban J connectivity index is 1.66. The highest BCUT2D eigenvalue weighted by molar-refractivity contribution is 5.78. The zero-order valence-electron chi connectivity index (χ0n) is 13.4. The summed E-state index contributed by atoms with van der Waals surface area (Å²) in [5, 5.41) is 16.1. The number of imidazole rings is 1. The second-order valence-corrected chi connectivity index (χ2v) is 6.07. The van der Waals surface area contributed by atoms with Gasteiger partial charge in [0.25, 0.3) is 0 Å². The second kappa shape index (κ2) is 6.62. The molecule has 0 radical (unpaired) electrons. The Kier molecular flexibility index (Phi) is 4.18. The van der Waals surface area contributed by atoms with Crippen LogP contribution < -0.4 is 10.6 Å². The smallest absolute Gasteiger partial charge is 0.220 e. The number of hydrogen-bond donors (Lipinski definition) is 3. The first-order chi connectivity index (χ1) is 11.8. The first kappa shape index (κ1) is 15.2. The molecule has 0 spiro atoms. The number of hydrogen-bond acceptors (Lipinski definition) is 6. The zero-order valence-corrected chi connectivity index (χ0v) is 13.4. The predicted molar refractivity (Wildman–Crippen MR) is 90.8 cm³/mol. The van der Waals surface area contributed by atoms with Gasteiger partial charge in [-0.1, -0.05) is 12.1 Å². The van der Waals surface area contributed by atoms with Crippen LogP contribution in [0, 0.1) is 0 Å². The largest absolute Gasteiger partial charge is 0.446 e. The minimum Gasteiger partial charge on any atom is -0.446 e. The lowest BCUT2D eigenvalue weighted by Gasteiger charge is -2.24. The van der Waals surface area contributed by atoms with Gasteiger partial charge in [0.1, 0.15) is 12.9 Å². The minimum absolute atomic E-state index is 0.190. The number of aliphatic hydroxyl groups is 1. The van der Waals surface area contributed by atoms with E-state index in [1.54, 1.807) is 6.26 Å². The molecule has 1 aliphatic rings. The lowest BCUT2D eigenvalue weighted by atomic mass is 10.1. The summed E-state index contributed by atoms with van der Waals surface area (Å²) in [6, 6.07) is 8.50. The van der Waals surface area contributed by atoms with Crippen molar-refractivity contribution >= 4 is 17.0 Å². The molecule has 3 N–H and O–H groups in total. The van der Waals surface area contributed by atoms with E-state index in [9.17, 15) is 0 Å². The Morgan fingerprint density at radius 1 is 1.25 bits per heavy atom. The third kappa shape index (κ3) is 3.00. The Labute approximate surface area is 139 Å². The molecule has 0 unspecified atom stereocenters. The van der Waals surface area contributed by atoms with Gasteiger partial charge in [0.2, 0.25) is 11.8 Å². The number of benzene rings is 1. The second-order valence-electron chi connectivity index (χ2n) is 6.07. The maximum absolute atomic E-state index is 9.13. The van der Waals surface area contributed by atoms with Crippen molar-refractivity contribution in [2.75, 3.05) is 18.4 Å². The maximum atomic E-state index is 9.13. The highest BCUT2D eigenvalue weighted by Gasteiger charge is 2.18. The summed E-state index contributed by atoms with van der Waals surface area (Å²) < 4.78 is 7.36. The topological polar surface area (TPSA) is 88.1 Å². The number of rotatable bonds is 5. The lowest BCUT2D eigenvalue weighted by molar-refractivity contribution is 0.240. The Hall–Kier alpha value is -2.38. The normalized spacial score (nSPS) is 15.9. The van der Waals surface area contributed by atoms with Crippen LogP contribution in [-0.2, 0) is 13.2 Å². The molecule has 0 aliphatic carbocycles. The SMILES string of the molecule is OCc1nc(Cn2c(NC3CCNCC3)nc3ccccc32)co1. The fourth-order valence-corrected chi connectivity index (χ4v) is 3.15. The van der Waals surface area contributed by atoms with Crippen molar-refractivity contribution in [2.45, 2.75) is 32.0 Å². The van der Waals surface area contributed by atoms with Gasteiger partial charge in [0, 0.05) is 6.04 Å². The number of anilines is 1. The van der Waals surface area contributed by atoms with E-state index >= 15 is 0 Å². The van der Waals surface area contributed by atoms with Crippen LogP contribution in [-0.4, -0.2) is 38.8 Å². The highest BCUT2D eigenvalue weighted by Crippen LogP contribution is 2.23. The molecule has 0 atom stereocenters. The molecule has 2 aromatic heterocycles. The van der Waals surface area contributed by atoms with Crippen molar-refractivity contribution < 1.29 is 9.52 Å². The summed E-state index contributed by atoms with van der Waals surface area (Å²) in [6.45, 7) is 2.42. The van der Waals surface area contributed by atoms with E-state index in [1.807, 2.05) is 18.2 Å². The number of fused-ring (bicyclic) bond motifs is 1. The van der Waals surface area contributed by atoms with Crippen molar-refractivity contribution in [3.8, 4) is 0 Å². The quantitative estimate of drug-likeness (QED) is 0.661. The van der Waals surface area contributed by atoms with Crippen LogP contribution in [0.1, 0.15) is 24.4 Å². The average molecular weight is 327 g/mol. The summed E-state index contributed by atoms with van der Waals surface area (Å²) in [7, 11) is 0. The number of aliphatic hydroxyl groups excluding tert-OH is 1. The van der Waals surface area contributed by atoms with E-state index in [0.29, 0.717) is 18.5 Å². The predicted octanol–water partition coefficient (Wildman–Crippen LogP) is 1.73. The number of oxazole rings is 1. The fourth-order valence-electron chi connectivity index (χ4n) is 3.15. The van der Waals surface area contributed by atoms with Crippen LogP contribution in [0.5, 0.6) is 0 Å². The van der Waals surface area contributed by atoms with Crippen molar-refractivity contribution in [1.29, 1.82) is 0 Å². The van der Waals surface area contributed by atoms with Crippen LogP contribution in [0.15, 0.2) is 34.9 Å². The Bertz CT molecular complexity index is 819. The van der Waals surface area contributed by atoms with Crippen LogP contribution >= 0.6 is 0 Å². The fraction of sp³-hybridized carbons (Fsp3) is 0.412. The third-order valence-corrected chi connectivity index (χ3v) is 4.38. The molecule has 126 valence electrons. The van der Waals surface area contributed by atoms with Gasteiger partial charge in [-0.2, -0.15) is 0 Å². The van der Waals surface area contributed by atoms with Crippen molar-refractivity contribution in [3.05, 3.63) is 42.1 Å². The molecule has 7 nitrogen and oxygen atoms in total. The van der Waals surface area contributed by atoms with E-state index in [4.69, 9.17) is 14.5 Å². The third-order valence-electron chi connectivity index (χ3n) is 4.38. The van der Waals surface area contributed by atoms with Gasteiger partial charge in [-0.25, -0.2) is 9.97 Å². The number of nitrogens with zero attached hydrogens (tertiary/aromatic N) is 3. The first-order valence-corrected chi connectivity index (χ1v) is 8.30. The summed E-state index contributed by atoms with van der Waals surface area (Å²) in [6.07, 6.45) is 3.76. The van der Waals surface area contributed by atoms with Crippen molar-refractivity contribution in [1.82, 2.24) is 19.9 Å². The summed E-state index contributed by atoms with van der Waals surface area (Å²) in [4.78, 5) is 9.05. The molecule has 7 heteroatoms. The maximum Gasteiger partial charge on any atom is 0.220 e.